The van der Waals surface area contributed by atoms with Gasteiger partial charge in [-0.25, -0.2) is 6.57 Å². The smallest absolute Gasteiger partial charge is 0.356 e. The summed E-state index contributed by atoms with van der Waals surface area (Å²) >= 11 is 0. The Kier molecular flexibility index (Phi) is 2.42. The summed E-state index contributed by atoms with van der Waals surface area (Å²) in [6.45, 7) is 6.15. The van der Waals surface area contributed by atoms with Crippen LogP contribution in [0.1, 0.15) is 0 Å². The summed E-state index contributed by atoms with van der Waals surface area (Å²) in [4.78, 5) is 2.92. The largest absolute Gasteiger partial charge is 0.394 e. The number of hydrogen-bond acceptors (Lipinski definition) is 4. The Hall–Kier alpha value is -0.670. The predicted octanol–water partition coefficient (Wildman–Crippen LogP) is -1.66. The van der Waals surface area contributed by atoms with Crippen molar-refractivity contribution >= 4 is 0 Å². The first kappa shape index (κ1) is 8.43. The van der Waals surface area contributed by atoms with E-state index in [1.807, 2.05) is 0 Å². The summed E-state index contributed by atoms with van der Waals surface area (Å²) in [6, 6.07) is 0. The molecule has 0 saturated carbocycles. The molecule has 1 rings (SSSR count). The summed E-state index contributed by atoms with van der Waals surface area (Å²) in [5.74, 6) is 0. The second kappa shape index (κ2) is 3.15. The van der Waals surface area contributed by atoms with Crippen molar-refractivity contribution < 1.29 is 20.1 Å². The highest BCUT2D eigenvalue weighted by atomic mass is 16.6. The van der Waals surface area contributed by atoms with Crippen LogP contribution < -0.4 is 0 Å². The van der Waals surface area contributed by atoms with Crippen molar-refractivity contribution in [1.82, 2.24) is 0 Å². The molecule has 3 N–H and O–H groups in total. The van der Waals surface area contributed by atoms with Gasteiger partial charge in [-0.3, -0.25) is 9.58 Å². The van der Waals surface area contributed by atoms with Gasteiger partial charge in [-0.05, 0) is 0 Å². The van der Waals surface area contributed by atoms with Gasteiger partial charge in [0.25, 0.3) is 0 Å². The molecule has 0 aliphatic carbocycles. The van der Waals surface area contributed by atoms with Crippen LogP contribution >= 0.6 is 0 Å². The van der Waals surface area contributed by atoms with E-state index in [0.29, 0.717) is 0 Å². The molecule has 1 unspecified atom stereocenters. The molecule has 0 radical (unpaired) electrons. The molecular weight excluding hydrogens is 150 g/mol. The van der Waals surface area contributed by atoms with Gasteiger partial charge in [0.05, 0.1) is 6.61 Å². The van der Waals surface area contributed by atoms with E-state index in [2.05, 4.69) is 4.85 Å². The Morgan fingerprint density at radius 1 is 1.36 bits per heavy atom. The molecule has 4 atom stereocenters. The van der Waals surface area contributed by atoms with Crippen LogP contribution in [0.4, 0.5) is 0 Å². The fraction of sp³-hybridized carbons (Fsp3) is 0.833. The highest BCUT2D eigenvalue weighted by Gasteiger charge is 2.46. The average molecular weight is 159 g/mol. The Morgan fingerprint density at radius 3 is 2.27 bits per heavy atom. The molecule has 0 aromatic carbocycles. The summed E-state index contributed by atoms with van der Waals surface area (Å²) in [5.41, 5.74) is 0. The van der Waals surface area contributed by atoms with Gasteiger partial charge >= 0.3 is 6.23 Å². The zero-order valence-corrected chi connectivity index (χ0v) is 5.71. The van der Waals surface area contributed by atoms with E-state index in [4.69, 9.17) is 26.6 Å². The monoisotopic (exact) mass is 159 g/mol. The summed E-state index contributed by atoms with van der Waals surface area (Å²) in [6.07, 6.45) is -4.23. The average Bonchev–Trinajstić information content (AvgIpc) is 2.30. The second-order valence-electron chi connectivity index (χ2n) is 2.36. The van der Waals surface area contributed by atoms with Crippen molar-refractivity contribution in [2.24, 2.45) is 0 Å². The van der Waals surface area contributed by atoms with E-state index in [0.717, 1.165) is 0 Å². The number of hydrogen-bond donors (Lipinski definition) is 3. The van der Waals surface area contributed by atoms with Crippen LogP contribution in [0, 0.1) is 6.57 Å². The predicted molar refractivity (Wildman–Crippen MR) is 34.4 cm³/mol. The first-order valence-corrected chi connectivity index (χ1v) is 3.19. The van der Waals surface area contributed by atoms with Crippen molar-refractivity contribution in [1.29, 1.82) is 0 Å². The van der Waals surface area contributed by atoms with E-state index in [9.17, 15) is 0 Å². The Labute approximate surface area is 63.7 Å². The van der Waals surface area contributed by atoms with E-state index in [1.54, 1.807) is 0 Å². The third-order valence-corrected chi connectivity index (χ3v) is 1.64. The molecule has 5 nitrogen and oxygen atoms in total. The fourth-order valence-electron chi connectivity index (χ4n) is 0.987. The number of aliphatic hydroxyl groups is 3. The first-order valence-electron chi connectivity index (χ1n) is 3.19. The zero-order valence-electron chi connectivity index (χ0n) is 5.71. The van der Waals surface area contributed by atoms with Gasteiger partial charge in [-0.2, -0.15) is 0 Å². The first-order chi connectivity index (χ1) is 5.20. The minimum absolute atomic E-state index is 0.385. The van der Waals surface area contributed by atoms with Gasteiger partial charge in [0, 0.05) is 0 Å². The molecule has 1 aliphatic heterocycles. The van der Waals surface area contributed by atoms with Crippen LogP contribution in [0.5, 0.6) is 0 Å². The Bertz CT molecular complexity index is 178. The van der Waals surface area contributed by atoms with Crippen LogP contribution in [0.3, 0.4) is 0 Å². The zero-order chi connectivity index (χ0) is 8.43. The minimum Gasteiger partial charge on any atom is -0.394 e. The normalized spacial score (nSPS) is 43.8. The summed E-state index contributed by atoms with van der Waals surface area (Å²) < 4.78 is 4.78. The van der Waals surface area contributed by atoms with Crippen LogP contribution in [0.15, 0.2) is 0 Å². The molecule has 1 aliphatic rings. The Balaban J connectivity index is 2.62. The van der Waals surface area contributed by atoms with Crippen LogP contribution in [-0.2, 0) is 4.74 Å². The number of rotatable bonds is 1. The van der Waals surface area contributed by atoms with Crippen molar-refractivity contribution in [2.75, 3.05) is 6.61 Å². The van der Waals surface area contributed by atoms with Gasteiger partial charge in [0.15, 0.2) is 6.10 Å². The lowest BCUT2D eigenvalue weighted by Gasteiger charge is -2.08. The van der Waals surface area contributed by atoms with E-state index in [-0.39, 0.29) is 6.61 Å². The third kappa shape index (κ3) is 1.34. The number of nitrogens with zero attached hydrogens (tertiary/aromatic N) is 1. The highest BCUT2D eigenvalue weighted by molar-refractivity contribution is 4.93. The third-order valence-electron chi connectivity index (χ3n) is 1.64. The molecule has 0 aromatic rings. The van der Waals surface area contributed by atoms with E-state index in [1.165, 1.54) is 0 Å². The molecule has 1 saturated heterocycles. The van der Waals surface area contributed by atoms with E-state index < -0.39 is 24.5 Å². The van der Waals surface area contributed by atoms with Gasteiger partial charge in [0.1, 0.15) is 12.2 Å². The highest BCUT2D eigenvalue weighted by Crippen LogP contribution is 2.21. The summed E-state index contributed by atoms with van der Waals surface area (Å²) in [7, 11) is 0. The molecule has 0 amide bonds. The molecule has 0 spiro atoms. The fourth-order valence-corrected chi connectivity index (χ4v) is 0.987. The maximum Gasteiger partial charge on any atom is 0.356 e. The van der Waals surface area contributed by atoms with Gasteiger partial charge in [-0.1, -0.05) is 0 Å². The van der Waals surface area contributed by atoms with Crippen molar-refractivity contribution in [3.63, 3.8) is 0 Å². The van der Waals surface area contributed by atoms with Crippen LogP contribution in [0.25, 0.3) is 4.85 Å². The molecule has 0 aromatic heterocycles. The van der Waals surface area contributed by atoms with E-state index >= 15 is 0 Å². The lowest BCUT2D eigenvalue weighted by molar-refractivity contribution is -0.0126. The lowest BCUT2D eigenvalue weighted by Crippen LogP contribution is -2.33. The maximum atomic E-state index is 9.08. The molecule has 1 fully saturated rings. The molecule has 1 heterocycles. The number of aliphatic hydroxyl groups excluding tert-OH is 3. The molecular formula is C6H9NO4. The molecule has 0 bridgehead atoms. The SMILES string of the molecule is [C-]#[N+]C1O[C@H](CO)[C@@H](O)[C@H]1O. The molecule has 5 heteroatoms. The topological polar surface area (TPSA) is 74.3 Å². The number of ether oxygens (including phenoxy) is 1. The lowest BCUT2D eigenvalue weighted by atomic mass is 10.1. The van der Waals surface area contributed by atoms with Gasteiger partial charge < -0.3 is 15.3 Å². The van der Waals surface area contributed by atoms with Crippen molar-refractivity contribution in [3.05, 3.63) is 11.4 Å². The van der Waals surface area contributed by atoms with Gasteiger partial charge in [-0.15, -0.1) is 0 Å². The Morgan fingerprint density at radius 2 is 2.00 bits per heavy atom. The van der Waals surface area contributed by atoms with Crippen molar-refractivity contribution in [3.8, 4) is 0 Å². The van der Waals surface area contributed by atoms with Crippen LogP contribution in [-0.4, -0.2) is 46.5 Å². The standard InChI is InChI=1S/C6H9NO4/c1-7-6-5(10)4(9)3(2-8)11-6/h3-6,8-10H,2H2/t3-,4-,5-,6?/m1/s1. The summed E-state index contributed by atoms with van der Waals surface area (Å²) in [5, 5.41) is 26.7. The quantitative estimate of drug-likeness (QED) is 0.400. The molecule has 11 heavy (non-hydrogen) atoms. The second-order valence-corrected chi connectivity index (χ2v) is 2.36. The minimum atomic E-state index is -1.20. The molecule has 62 valence electrons. The van der Waals surface area contributed by atoms with Crippen LogP contribution in [0.2, 0.25) is 0 Å². The van der Waals surface area contributed by atoms with Crippen molar-refractivity contribution in [2.45, 2.75) is 24.5 Å². The van der Waals surface area contributed by atoms with Gasteiger partial charge in [0.2, 0.25) is 0 Å². The maximum absolute atomic E-state index is 9.08.